The molecular weight excluding hydrogens is 322 g/mol. The highest BCUT2D eigenvalue weighted by Crippen LogP contribution is 2.58. The van der Waals surface area contributed by atoms with Crippen LogP contribution >= 0.6 is 11.6 Å². The van der Waals surface area contributed by atoms with E-state index in [9.17, 15) is 4.79 Å². The first kappa shape index (κ1) is 16.1. The van der Waals surface area contributed by atoms with Gasteiger partial charge in [-0.2, -0.15) is 0 Å². The topological polar surface area (TPSA) is 66.0 Å². The molecule has 4 saturated heterocycles. The van der Waals surface area contributed by atoms with E-state index in [1.807, 2.05) is 6.92 Å². The molecule has 5 aliphatic rings. The van der Waals surface area contributed by atoms with Gasteiger partial charge in [0.1, 0.15) is 12.1 Å². The number of carbonyl (C=O) groups excluding carboxylic acids is 1. The molecule has 130 valence electrons. The van der Waals surface area contributed by atoms with Crippen LogP contribution in [0.15, 0.2) is 0 Å². The number of alkyl halides is 1. The van der Waals surface area contributed by atoms with Crippen LogP contribution in [0.2, 0.25) is 0 Å². The van der Waals surface area contributed by atoms with Gasteiger partial charge in [-0.15, -0.1) is 11.6 Å². The van der Waals surface area contributed by atoms with E-state index in [-0.39, 0.29) is 23.6 Å². The van der Waals surface area contributed by atoms with Gasteiger partial charge in [0.15, 0.2) is 11.9 Å². The highest BCUT2D eigenvalue weighted by atomic mass is 35.5. The zero-order chi connectivity index (χ0) is 16.2. The van der Waals surface area contributed by atoms with Crippen molar-refractivity contribution >= 4 is 17.5 Å². The summed E-state index contributed by atoms with van der Waals surface area (Å²) in [6, 6.07) is 0. The van der Waals surface area contributed by atoms with Crippen molar-refractivity contribution in [3.63, 3.8) is 0 Å². The Hall–Kier alpha value is -0.400. The van der Waals surface area contributed by atoms with Crippen LogP contribution in [0.3, 0.4) is 0 Å². The molecule has 23 heavy (non-hydrogen) atoms. The summed E-state index contributed by atoms with van der Waals surface area (Å²) < 4.78 is 12.3. The molecule has 0 aromatic rings. The number of halogens is 1. The first-order valence-electron chi connectivity index (χ1n) is 8.54. The molecular formula is C16H24ClNO5. The fraction of sp³-hybridized carbons (Fsp3) is 0.938. The highest BCUT2D eigenvalue weighted by Gasteiger charge is 2.68. The predicted molar refractivity (Wildman–Crippen MR) is 81.1 cm³/mol. The minimum Gasteiger partial charge on any atom is -0.329 e. The molecule has 6 nitrogen and oxygen atoms in total. The average Bonchev–Trinajstić information content (AvgIpc) is 2.77. The minimum absolute atomic E-state index is 0.0755. The van der Waals surface area contributed by atoms with Crippen LogP contribution in [0.25, 0.3) is 0 Å². The normalized spacial score (nSPS) is 51.7. The summed E-state index contributed by atoms with van der Waals surface area (Å²) >= 11 is 5.63. The van der Waals surface area contributed by atoms with Gasteiger partial charge in [0.05, 0.1) is 0 Å². The summed E-state index contributed by atoms with van der Waals surface area (Å²) in [6.07, 6.45) is 4.16. The summed E-state index contributed by atoms with van der Waals surface area (Å²) in [4.78, 5) is 23.4. The van der Waals surface area contributed by atoms with Gasteiger partial charge in [-0.1, -0.05) is 13.3 Å². The molecule has 2 bridgehead atoms. The number of carbonyl (C=O) groups is 1. The molecule has 5 fully saturated rings. The molecule has 1 amide bonds. The minimum atomic E-state index is -0.778. The summed E-state index contributed by atoms with van der Waals surface area (Å²) in [5, 5.41) is 2.87. The van der Waals surface area contributed by atoms with Crippen LogP contribution in [0.5, 0.6) is 0 Å². The quantitative estimate of drug-likeness (QED) is 0.614. The van der Waals surface area contributed by atoms with Gasteiger partial charge in [0, 0.05) is 18.3 Å². The standard InChI is InChI=1S/C16H24ClNO5/c1-9-11-5-3-4-10-6-7-15(2)21-14(16(10,11)23-22-15)20-13(9)18-12(19)8-17/h9-11,13-14H,3-8H2,1-2H3,(H,18,19). The molecule has 0 radical (unpaired) electrons. The number of ether oxygens (including phenoxy) is 2. The maximum Gasteiger partial charge on any atom is 0.236 e. The number of hydrogen-bond acceptors (Lipinski definition) is 5. The Morgan fingerprint density at radius 1 is 1.30 bits per heavy atom. The zero-order valence-corrected chi connectivity index (χ0v) is 14.3. The van der Waals surface area contributed by atoms with Gasteiger partial charge in [-0.25, -0.2) is 9.78 Å². The molecule has 1 saturated carbocycles. The summed E-state index contributed by atoms with van der Waals surface area (Å²) in [5.41, 5.74) is -0.560. The van der Waals surface area contributed by atoms with E-state index in [2.05, 4.69) is 12.2 Å². The average molecular weight is 346 g/mol. The molecule has 0 aromatic carbocycles. The summed E-state index contributed by atoms with van der Waals surface area (Å²) in [5.74, 6) is -0.386. The molecule has 0 aromatic heterocycles. The fourth-order valence-electron chi connectivity index (χ4n) is 4.92. The van der Waals surface area contributed by atoms with Gasteiger partial charge in [-0.3, -0.25) is 4.79 Å². The molecule has 7 heteroatoms. The van der Waals surface area contributed by atoms with Crippen LogP contribution in [0, 0.1) is 17.8 Å². The van der Waals surface area contributed by atoms with Gasteiger partial charge >= 0.3 is 0 Å². The SMILES string of the molecule is CC1C(NC(=O)CCl)OC2OC3(C)CCC4CCCC1C42OO3. The second-order valence-electron chi connectivity index (χ2n) is 7.49. The van der Waals surface area contributed by atoms with Crippen molar-refractivity contribution in [3.05, 3.63) is 0 Å². The van der Waals surface area contributed by atoms with Gasteiger partial charge in [-0.05, 0) is 32.1 Å². The Balaban J connectivity index is 1.68. The Labute approximate surface area is 141 Å². The van der Waals surface area contributed by atoms with Crippen molar-refractivity contribution in [1.82, 2.24) is 5.32 Å². The Bertz CT molecular complexity index is 505. The summed E-state index contributed by atoms with van der Waals surface area (Å²) in [7, 11) is 0. The predicted octanol–water partition coefficient (Wildman–Crippen LogP) is 2.30. The molecule has 1 aliphatic carbocycles. The Kier molecular flexibility index (Phi) is 3.89. The molecule has 1 spiro atoms. The molecule has 1 N–H and O–H groups in total. The highest BCUT2D eigenvalue weighted by molar-refractivity contribution is 6.27. The Morgan fingerprint density at radius 3 is 2.91 bits per heavy atom. The van der Waals surface area contributed by atoms with Crippen LogP contribution in [-0.2, 0) is 24.0 Å². The molecule has 4 heterocycles. The van der Waals surface area contributed by atoms with Crippen molar-refractivity contribution in [3.8, 4) is 0 Å². The third-order valence-electron chi connectivity index (χ3n) is 6.13. The van der Waals surface area contributed by atoms with Gasteiger partial charge < -0.3 is 14.8 Å². The van der Waals surface area contributed by atoms with E-state index in [0.717, 1.165) is 32.1 Å². The Morgan fingerprint density at radius 2 is 2.13 bits per heavy atom. The lowest BCUT2D eigenvalue weighted by Crippen LogP contribution is -2.71. The van der Waals surface area contributed by atoms with Gasteiger partial charge in [0.25, 0.3) is 0 Å². The van der Waals surface area contributed by atoms with Crippen LogP contribution in [0.1, 0.15) is 46.0 Å². The monoisotopic (exact) mass is 345 g/mol. The van der Waals surface area contributed by atoms with Crippen molar-refractivity contribution in [1.29, 1.82) is 0 Å². The number of rotatable bonds is 2. The van der Waals surface area contributed by atoms with Crippen molar-refractivity contribution in [2.24, 2.45) is 17.8 Å². The number of hydrogen-bond donors (Lipinski definition) is 1. The molecule has 5 rings (SSSR count). The maximum atomic E-state index is 11.7. The smallest absolute Gasteiger partial charge is 0.236 e. The van der Waals surface area contributed by atoms with E-state index in [0.29, 0.717) is 5.92 Å². The van der Waals surface area contributed by atoms with Crippen LogP contribution < -0.4 is 5.32 Å². The molecule has 4 aliphatic heterocycles. The van der Waals surface area contributed by atoms with E-state index in [1.54, 1.807) is 0 Å². The van der Waals surface area contributed by atoms with Crippen molar-refractivity contribution in [2.45, 2.75) is 69.9 Å². The second-order valence-corrected chi connectivity index (χ2v) is 7.76. The number of fused-ring (bicyclic) bond motifs is 2. The molecule has 7 atom stereocenters. The van der Waals surface area contributed by atoms with Crippen molar-refractivity contribution < 1.29 is 24.0 Å². The maximum absolute atomic E-state index is 11.7. The third kappa shape index (κ3) is 2.34. The lowest BCUT2D eigenvalue weighted by Gasteiger charge is -2.59. The number of nitrogens with one attached hydrogen (secondary N) is 1. The summed E-state index contributed by atoms with van der Waals surface area (Å²) in [6.45, 7) is 3.99. The molecule has 7 unspecified atom stereocenters. The first-order valence-corrected chi connectivity index (χ1v) is 9.07. The lowest BCUT2D eigenvalue weighted by atomic mass is 9.61. The third-order valence-corrected chi connectivity index (χ3v) is 6.37. The van der Waals surface area contributed by atoms with Crippen molar-refractivity contribution in [2.75, 3.05) is 5.88 Å². The lowest BCUT2D eigenvalue weighted by molar-refractivity contribution is -0.570. The van der Waals surface area contributed by atoms with E-state index in [1.165, 1.54) is 0 Å². The zero-order valence-electron chi connectivity index (χ0n) is 13.5. The number of amides is 1. The second kappa shape index (κ2) is 5.56. The van der Waals surface area contributed by atoms with Crippen LogP contribution in [0.4, 0.5) is 0 Å². The first-order chi connectivity index (χ1) is 11.0. The van der Waals surface area contributed by atoms with Crippen LogP contribution in [-0.4, -0.2) is 35.7 Å². The van der Waals surface area contributed by atoms with Gasteiger partial charge in [0.2, 0.25) is 11.7 Å². The fourth-order valence-corrected chi connectivity index (χ4v) is 5.00. The van der Waals surface area contributed by atoms with E-state index in [4.69, 9.17) is 30.8 Å². The van der Waals surface area contributed by atoms with E-state index >= 15 is 0 Å². The largest absolute Gasteiger partial charge is 0.329 e. The van der Waals surface area contributed by atoms with E-state index < -0.39 is 23.9 Å².